The third kappa shape index (κ3) is 3.16. The number of hydrogen-bond donors (Lipinski definition) is 1. The molecule has 0 fully saturated rings. The molecule has 0 spiro atoms. The molecule has 20 heavy (non-hydrogen) atoms. The van der Waals surface area contributed by atoms with Crippen molar-refractivity contribution in [1.29, 1.82) is 0 Å². The smallest absolute Gasteiger partial charge is 0.326 e. The van der Waals surface area contributed by atoms with Gasteiger partial charge in [-0.1, -0.05) is 24.3 Å². The Morgan fingerprint density at radius 3 is 2.45 bits per heavy atom. The monoisotopic (exact) mass is 297 g/mol. The Kier molecular flexibility index (Phi) is 3.80. The molecule has 0 aromatic heterocycles. The van der Waals surface area contributed by atoms with Crippen molar-refractivity contribution in [2.75, 3.05) is 12.0 Å². The Hall–Kier alpha value is -1.89. The quantitative estimate of drug-likeness (QED) is 0.852. The zero-order chi connectivity index (χ0) is 14.9. The lowest BCUT2D eigenvalue weighted by molar-refractivity contribution is -0.150. The third-order valence-corrected chi connectivity index (χ3v) is 4.01. The van der Waals surface area contributed by atoms with Gasteiger partial charge < -0.3 is 10.0 Å². The van der Waals surface area contributed by atoms with Crippen molar-refractivity contribution < 1.29 is 23.1 Å². The molecule has 0 saturated carbocycles. The number of hydrogen-bond acceptors (Lipinski definition) is 4. The van der Waals surface area contributed by atoms with Crippen LogP contribution in [0, 0.1) is 0 Å². The van der Waals surface area contributed by atoms with Crippen molar-refractivity contribution in [1.82, 2.24) is 4.90 Å². The molecule has 1 amide bonds. The highest BCUT2D eigenvalue weighted by molar-refractivity contribution is 7.91. The average molecular weight is 297 g/mol. The maximum absolute atomic E-state index is 12.0. The van der Waals surface area contributed by atoms with E-state index in [0.717, 1.165) is 22.3 Å². The summed E-state index contributed by atoms with van der Waals surface area (Å²) in [6, 6.07) is 6.24. The molecular weight excluding hydrogens is 282 g/mol. The van der Waals surface area contributed by atoms with E-state index >= 15 is 0 Å². The van der Waals surface area contributed by atoms with Crippen LogP contribution in [0.1, 0.15) is 11.1 Å². The number of carbonyl (C=O) groups excluding carboxylic acids is 1. The van der Waals surface area contributed by atoms with E-state index in [2.05, 4.69) is 0 Å². The molecule has 0 aliphatic carbocycles. The van der Waals surface area contributed by atoms with Crippen molar-refractivity contribution in [3.05, 3.63) is 35.4 Å². The Labute approximate surface area is 116 Å². The Bertz CT molecular complexity index is 652. The summed E-state index contributed by atoms with van der Waals surface area (Å²) in [5.41, 5.74) is 1.73. The fraction of sp³-hybridized carbons (Fsp3) is 0.385. The lowest BCUT2D eigenvalue weighted by atomic mass is 9.94. The van der Waals surface area contributed by atoms with Crippen LogP contribution >= 0.6 is 0 Å². The molecule has 1 N–H and O–H groups in total. The van der Waals surface area contributed by atoms with Gasteiger partial charge >= 0.3 is 5.97 Å². The largest absolute Gasteiger partial charge is 0.480 e. The first kappa shape index (κ1) is 14.5. The van der Waals surface area contributed by atoms with Crippen molar-refractivity contribution >= 4 is 21.7 Å². The number of sulfone groups is 1. The van der Waals surface area contributed by atoms with Crippen molar-refractivity contribution in [2.45, 2.75) is 19.0 Å². The van der Waals surface area contributed by atoms with Gasteiger partial charge in [-0.3, -0.25) is 4.79 Å². The van der Waals surface area contributed by atoms with Crippen LogP contribution in [0.5, 0.6) is 0 Å². The molecule has 6 nitrogen and oxygen atoms in total. The predicted octanol–water partition coefficient (Wildman–Crippen LogP) is 0.0691. The number of nitrogens with zero attached hydrogens (tertiary/aromatic N) is 1. The number of carboxylic acid groups (broad SMARTS) is 1. The van der Waals surface area contributed by atoms with E-state index in [-0.39, 0.29) is 13.0 Å². The van der Waals surface area contributed by atoms with Gasteiger partial charge in [-0.2, -0.15) is 0 Å². The lowest BCUT2D eigenvalue weighted by Gasteiger charge is -2.34. The normalized spacial score (nSPS) is 18.4. The molecule has 1 unspecified atom stereocenters. The van der Waals surface area contributed by atoms with E-state index in [4.69, 9.17) is 0 Å². The van der Waals surface area contributed by atoms with Gasteiger partial charge in [0.2, 0.25) is 5.91 Å². The number of fused-ring (bicyclic) bond motifs is 1. The van der Waals surface area contributed by atoms with Gasteiger partial charge in [0.25, 0.3) is 0 Å². The molecule has 1 aromatic carbocycles. The maximum atomic E-state index is 12.0. The molecule has 1 aliphatic rings. The number of benzene rings is 1. The first-order valence-corrected chi connectivity index (χ1v) is 8.11. The molecule has 1 aromatic rings. The molecule has 0 saturated heterocycles. The van der Waals surface area contributed by atoms with Crippen LogP contribution in [0.25, 0.3) is 0 Å². The Balaban J connectivity index is 2.31. The van der Waals surface area contributed by atoms with E-state index < -0.39 is 33.5 Å². The second-order valence-corrected chi connectivity index (χ2v) is 7.06. The Morgan fingerprint density at radius 2 is 1.90 bits per heavy atom. The number of amides is 1. The fourth-order valence-electron chi connectivity index (χ4n) is 2.31. The topological polar surface area (TPSA) is 91.8 Å². The van der Waals surface area contributed by atoms with Crippen molar-refractivity contribution in [3.8, 4) is 0 Å². The molecular formula is C13H15NO5S. The van der Waals surface area contributed by atoms with Gasteiger partial charge in [0.05, 0.1) is 0 Å². The first-order chi connectivity index (χ1) is 9.28. The van der Waals surface area contributed by atoms with Crippen LogP contribution in [0.15, 0.2) is 24.3 Å². The first-order valence-electron chi connectivity index (χ1n) is 6.05. The second kappa shape index (κ2) is 5.24. The molecule has 1 heterocycles. The van der Waals surface area contributed by atoms with E-state index in [1.54, 1.807) is 6.07 Å². The maximum Gasteiger partial charge on any atom is 0.326 e. The van der Waals surface area contributed by atoms with Gasteiger partial charge in [0.1, 0.15) is 11.8 Å². The summed E-state index contributed by atoms with van der Waals surface area (Å²) in [6.45, 7) is 0.126. The highest BCUT2D eigenvalue weighted by Gasteiger charge is 2.35. The van der Waals surface area contributed by atoms with E-state index in [1.807, 2.05) is 18.2 Å². The summed E-state index contributed by atoms with van der Waals surface area (Å²) in [5.74, 6) is -2.46. The summed E-state index contributed by atoms with van der Waals surface area (Å²) in [7, 11) is -3.48. The zero-order valence-corrected chi connectivity index (χ0v) is 11.8. The minimum atomic E-state index is -3.48. The van der Waals surface area contributed by atoms with Crippen LogP contribution < -0.4 is 0 Å². The van der Waals surface area contributed by atoms with Crippen LogP contribution in [0.3, 0.4) is 0 Å². The Morgan fingerprint density at radius 1 is 1.30 bits per heavy atom. The molecule has 108 valence electrons. The molecule has 1 atom stereocenters. The number of rotatable bonds is 3. The molecule has 1 aliphatic heterocycles. The van der Waals surface area contributed by atoms with Gasteiger partial charge in [-0.15, -0.1) is 0 Å². The van der Waals surface area contributed by atoms with Gasteiger partial charge in [0, 0.05) is 19.2 Å². The van der Waals surface area contributed by atoms with Crippen LogP contribution in [-0.4, -0.2) is 48.4 Å². The van der Waals surface area contributed by atoms with Crippen molar-refractivity contribution in [3.63, 3.8) is 0 Å². The summed E-state index contributed by atoms with van der Waals surface area (Å²) in [4.78, 5) is 24.5. The summed E-state index contributed by atoms with van der Waals surface area (Å²) in [6.07, 6.45) is 1.15. The van der Waals surface area contributed by atoms with E-state index in [0.29, 0.717) is 0 Å². The van der Waals surface area contributed by atoms with Gasteiger partial charge in [-0.05, 0) is 11.1 Å². The van der Waals surface area contributed by atoms with Crippen molar-refractivity contribution in [2.24, 2.45) is 0 Å². The summed E-state index contributed by atoms with van der Waals surface area (Å²) >= 11 is 0. The number of aliphatic carboxylic acids is 1. The minimum absolute atomic E-state index is 0.126. The average Bonchev–Trinajstić information content (AvgIpc) is 2.35. The summed E-state index contributed by atoms with van der Waals surface area (Å²) < 4.78 is 22.4. The highest BCUT2D eigenvalue weighted by atomic mass is 32.2. The van der Waals surface area contributed by atoms with E-state index in [9.17, 15) is 23.1 Å². The minimum Gasteiger partial charge on any atom is -0.480 e. The molecule has 2 rings (SSSR count). The number of carbonyl (C=O) groups is 2. The lowest BCUT2D eigenvalue weighted by Crippen LogP contribution is -2.50. The van der Waals surface area contributed by atoms with Crippen LogP contribution in [0.4, 0.5) is 0 Å². The van der Waals surface area contributed by atoms with Crippen LogP contribution in [0.2, 0.25) is 0 Å². The number of carboxylic acids is 1. The third-order valence-electron chi connectivity index (χ3n) is 3.24. The summed E-state index contributed by atoms with van der Waals surface area (Å²) in [5, 5.41) is 9.24. The van der Waals surface area contributed by atoms with Gasteiger partial charge in [-0.25, -0.2) is 13.2 Å². The second-order valence-electron chi connectivity index (χ2n) is 4.92. The fourth-order valence-corrected chi connectivity index (χ4v) is 2.93. The van der Waals surface area contributed by atoms with E-state index in [1.165, 1.54) is 0 Å². The molecule has 7 heteroatoms. The molecule has 0 radical (unpaired) electrons. The standard InChI is InChI=1S/C13H15NO5S/c1-20(18,19)8-12(15)14-7-10-5-3-2-4-9(10)6-11(14)13(16)17/h2-5,11H,6-8H2,1H3,(H,16,17). The zero-order valence-electron chi connectivity index (χ0n) is 10.9. The molecule has 0 bridgehead atoms. The highest BCUT2D eigenvalue weighted by Crippen LogP contribution is 2.23. The predicted molar refractivity (Wildman–Crippen MR) is 71.8 cm³/mol. The van der Waals surface area contributed by atoms with Gasteiger partial charge in [0.15, 0.2) is 9.84 Å². The van der Waals surface area contributed by atoms with Crippen LogP contribution in [-0.2, 0) is 32.4 Å². The SMILES string of the molecule is CS(=O)(=O)CC(=O)N1Cc2ccccc2CC1C(=O)O.